The molecule has 6 nitrogen and oxygen atoms in total. The lowest BCUT2D eigenvalue weighted by atomic mass is 9.97. The van der Waals surface area contributed by atoms with Gasteiger partial charge in [0.15, 0.2) is 5.82 Å². The van der Waals surface area contributed by atoms with Crippen molar-refractivity contribution >= 4 is 15.9 Å². The summed E-state index contributed by atoms with van der Waals surface area (Å²) in [5.41, 5.74) is 0.00159. The zero-order valence-corrected chi connectivity index (χ0v) is 12.6. The molecule has 1 atom stereocenters. The number of hydrogen-bond donors (Lipinski definition) is 1. The van der Waals surface area contributed by atoms with E-state index in [1.54, 1.807) is 4.90 Å². The first-order chi connectivity index (χ1) is 9.87. The van der Waals surface area contributed by atoms with E-state index in [0.29, 0.717) is 19.6 Å². The predicted molar refractivity (Wildman–Crippen MR) is 75.7 cm³/mol. The molecular formula is C13H18FN3O3S. The van der Waals surface area contributed by atoms with Crippen molar-refractivity contribution in [3.05, 3.63) is 29.8 Å². The Balaban J connectivity index is 2.01. The zero-order chi connectivity index (χ0) is 15.5. The first kappa shape index (κ1) is 15.8. The van der Waals surface area contributed by atoms with Crippen molar-refractivity contribution in [3.8, 4) is 0 Å². The molecule has 0 saturated carbocycles. The molecule has 116 valence electrons. The summed E-state index contributed by atoms with van der Waals surface area (Å²) in [6, 6.07) is 1.36. The van der Waals surface area contributed by atoms with Crippen molar-refractivity contribution in [3.63, 3.8) is 0 Å². The number of halogens is 1. The van der Waals surface area contributed by atoms with Gasteiger partial charge in [0.2, 0.25) is 10.0 Å². The maximum Gasteiger partial charge on any atom is 0.256 e. The molecule has 2 rings (SSSR count). The van der Waals surface area contributed by atoms with E-state index in [1.165, 1.54) is 12.3 Å². The Hall–Kier alpha value is -1.54. The second-order valence-corrected chi connectivity index (χ2v) is 7.07. The summed E-state index contributed by atoms with van der Waals surface area (Å²) in [5, 5.41) is 0. The fraction of sp³-hybridized carbons (Fsp3) is 0.538. The standard InChI is InChI=1S/C13H18FN3O3S/c1-21(19,20)16-7-10-3-2-6-17(9-10)13(18)11-4-5-15-8-12(11)14/h4-5,8,10,16H,2-3,6-7,9H2,1H3. The summed E-state index contributed by atoms with van der Waals surface area (Å²) in [6.07, 6.45) is 5.10. The molecule has 1 aromatic heterocycles. The Morgan fingerprint density at radius 1 is 1.57 bits per heavy atom. The number of amides is 1. The van der Waals surface area contributed by atoms with Gasteiger partial charge in [0, 0.05) is 25.8 Å². The Labute approximate surface area is 123 Å². The van der Waals surface area contributed by atoms with E-state index in [1.807, 2.05) is 0 Å². The van der Waals surface area contributed by atoms with Crippen LogP contribution >= 0.6 is 0 Å². The average Bonchev–Trinajstić information content (AvgIpc) is 2.44. The van der Waals surface area contributed by atoms with Gasteiger partial charge in [0.1, 0.15) is 0 Å². The minimum absolute atomic E-state index is 0.00159. The number of nitrogens with zero attached hydrogens (tertiary/aromatic N) is 2. The fourth-order valence-corrected chi connectivity index (χ4v) is 2.94. The molecule has 1 aromatic rings. The molecule has 2 heterocycles. The summed E-state index contributed by atoms with van der Waals surface area (Å²) in [7, 11) is -3.24. The monoisotopic (exact) mass is 315 g/mol. The van der Waals surface area contributed by atoms with Gasteiger partial charge in [-0.3, -0.25) is 9.78 Å². The SMILES string of the molecule is CS(=O)(=O)NCC1CCCN(C(=O)c2ccncc2F)C1. The third-order valence-electron chi connectivity index (χ3n) is 3.44. The molecule has 1 aliphatic heterocycles. The molecule has 1 unspecified atom stereocenters. The van der Waals surface area contributed by atoms with Crippen LogP contribution in [-0.2, 0) is 10.0 Å². The van der Waals surface area contributed by atoms with E-state index >= 15 is 0 Å². The van der Waals surface area contributed by atoms with Crippen LogP contribution in [0.2, 0.25) is 0 Å². The lowest BCUT2D eigenvalue weighted by Gasteiger charge is -2.32. The van der Waals surface area contributed by atoms with Crippen molar-refractivity contribution in [2.24, 2.45) is 5.92 Å². The normalized spacial score (nSPS) is 19.5. The van der Waals surface area contributed by atoms with Crippen molar-refractivity contribution < 1.29 is 17.6 Å². The van der Waals surface area contributed by atoms with E-state index < -0.39 is 15.8 Å². The van der Waals surface area contributed by atoms with Crippen LogP contribution in [0.1, 0.15) is 23.2 Å². The molecule has 1 amide bonds. The minimum atomic E-state index is -3.24. The maximum absolute atomic E-state index is 13.6. The fourth-order valence-electron chi connectivity index (χ4n) is 2.40. The van der Waals surface area contributed by atoms with E-state index in [4.69, 9.17) is 0 Å². The Kier molecular flexibility index (Phi) is 4.89. The molecule has 0 aromatic carbocycles. The van der Waals surface area contributed by atoms with Gasteiger partial charge in [-0.05, 0) is 24.8 Å². The number of aromatic nitrogens is 1. The van der Waals surface area contributed by atoms with E-state index in [-0.39, 0.29) is 17.4 Å². The number of carbonyl (C=O) groups is 1. The largest absolute Gasteiger partial charge is 0.338 e. The molecule has 0 radical (unpaired) electrons. The van der Waals surface area contributed by atoms with Crippen LogP contribution < -0.4 is 4.72 Å². The van der Waals surface area contributed by atoms with E-state index in [0.717, 1.165) is 25.3 Å². The van der Waals surface area contributed by atoms with Crippen molar-refractivity contribution in [1.82, 2.24) is 14.6 Å². The maximum atomic E-state index is 13.6. The molecule has 0 bridgehead atoms. The Morgan fingerprint density at radius 3 is 3.00 bits per heavy atom. The van der Waals surface area contributed by atoms with E-state index in [9.17, 15) is 17.6 Å². The molecular weight excluding hydrogens is 297 g/mol. The summed E-state index contributed by atoms with van der Waals surface area (Å²) in [6.45, 7) is 1.26. The molecule has 1 fully saturated rings. The third-order valence-corrected chi connectivity index (χ3v) is 4.13. The highest BCUT2D eigenvalue weighted by Gasteiger charge is 2.26. The third kappa shape index (κ3) is 4.47. The van der Waals surface area contributed by atoms with Gasteiger partial charge in [-0.2, -0.15) is 0 Å². The van der Waals surface area contributed by atoms with Crippen LogP contribution in [0.15, 0.2) is 18.5 Å². The lowest BCUT2D eigenvalue weighted by Crippen LogP contribution is -2.43. The number of likely N-dealkylation sites (tertiary alicyclic amines) is 1. The first-order valence-corrected chi connectivity index (χ1v) is 8.59. The predicted octanol–water partition coefficient (Wildman–Crippen LogP) is 0.622. The van der Waals surface area contributed by atoms with Gasteiger partial charge < -0.3 is 4.90 Å². The van der Waals surface area contributed by atoms with Crippen molar-refractivity contribution in [2.75, 3.05) is 25.9 Å². The highest BCUT2D eigenvalue weighted by atomic mass is 32.2. The van der Waals surface area contributed by atoms with Gasteiger partial charge in [0.05, 0.1) is 18.0 Å². The summed E-state index contributed by atoms with van der Waals surface area (Å²) in [4.78, 5) is 17.5. The zero-order valence-electron chi connectivity index (χ0n) is 11.8. The van der Waals surface area contributed by atoms with Gasteiger partial charge in [-0.25, -0.2) is 17.5 Å². The lowest BCUT2D eigenvalue weighted by molar-refractivity contribution is 0.0671. The second kappa shape index (κ2) is 6.48. The van der Waals surface area contributed by atoms with E-state index in [2.05, 4.69) is 9.71 Å². The van der Waals surface area contributed by atoms with Gasteiger partial charge in [-0.1, -0.05) is 0 Å². The summed E-state index contributed by atoms with van der Waals surface area (Å²) >= 11 is 0. The van der Waals surface area contributed by atoms with Gasteiger partial charge in [-0.15, -0.1) is 0 Å². The number of sulfonamides is 1. The molecule has 1 saturated heterocycles. The number of piperidine rings is 1. The van der Waals surface area contributed by atoms with Crippen LogP contribution in [0.5, 0.6) is 0 Å². The molecule has 8 heteroatoms. The average molecular weight is 315 g/mol. The summed E-state index contributed by atoms with van der Waals surface area (Å²) in [5.74, 6) is -0.972. The quantitative estimate of drug-likeness (QED) is 0.883. The number of hydrogen-bond acceptors (Lipinski definition) is 4. The Morgan fingerprint density at radius 2 is 2.33 bits per heavy atom. The molecule has 21 heavy (non-hydrogen) atoms. The molecule has 1 N–H and O–H groups in total. The number of carbonyl (C=O) groups excluding carboxylic acids is 1. The van der Waals surface area contributed by atoms with Crippen LogP contribution in [0.25, 0.3) is 0 Å². The Bertz CT molecular complexity index is 621. The van der Waals surface area contributed by atoms with Crippen LogP contribution in [0.3, 0.4) is 0 Å². The van der Waals surface area contributed by atoms with Gasteiger partial charge >= 0.3 is 0 Å². The molecule has 0 aliphatic carbocycles. The van der Waals surface area contributed by atoms with Crippen LogP contribution in [0.4, 0.5) is 4.39 Å². The van der Waals surface area contributed by atoms with Gasteiger partial charge in [0.25, 0.3) is 5.91 Å². The number of rotatable bonds is 4. The van der Waals surface area contributed by atoms with Crippen LogP contribution in [0, 0.1) is 11.7 Å². The molecule has 0 spiro atoms. The number of pyridine rings is 1. The number of nitrogens with one attached hydrogen (secondary N) is 1. The van der Waals surface area contributed by atoms with Crippen LogP contribution in [-0.4, -0.2) is 50.1 Å². The minimum Gasteiger partial charge on any atom is -0.338 e. The van der Waals surface area contributed by atoms with Crippen molar-refractivity contribution in [1.29, 1.82) is 0 Å². The topological polar surface area (TPSA) is 79.4 Å². The second-order valence-electron chi connectivity index (χ2n) is 5.24. The first-order valence-electron chi connectivity index (χ1n) is 6.70. The molecule has 1 aliphatic rings. The highest BCUT2D eigenvalue weighted by Crippen LogP contribution is 2.19. The summed E-state index contributed by atoms with van der Waals surface area (Å²) < 4.78 is 38.3. The van der Waals surface area contributed by atoms with Crippen molar-refractivity contribution in [2.45, 2.75) is 12.8 Å². The smallest absolute Gasteiger partial charge is 0.256 e. The highest BCUT2D eigenvalue weighted by molar-refractivity contribution is 7.88.